The summed E-state index contributed by atoms with van der Waals surface area (Å²) in [5, 5.41) is 2.93. The van der Waals surface area contributed by atoms with Crippen molar-refractivity contribution in [3.05, 3.63) is 52.7 Å². The van der Waals surface area contributed by atoms with Crippen LogP contribution in [0.3, 0.4) is 0 Å². The van der Waals surface area contributed by atoms with Crippen LogP contribution in [0.1, 0.15) is 34.6 Å². The molecule has 0 radical (unpaired) electrons. The van der Waals surface area contributed by atoms with Crippen molar-refractivity contribution < 1.29 is 9.53 Å². The highest BCUT2D eigenvalue weighted by Crippen LogP contribution is 2.37. The van der Waals surface area contributed by atoms with E-state index in [0.29, 0.717) is 30.1 Å². The summed E-state index contributed by atoms with van der Waals surface area (Å²) in [6.07, 6.45) is 2.24. The largest absolute Gasteiger partial charge is 0.472 e. The summed E-state index contributed by atoms with van der Waals surface area (Å²) in [5.41, 5.74) is 7.92. The van der Waals surface area contributed by atoms with Gasteiger partial charge in [0.25, 0.3) is 5.91 Å². The number of fused-ring (bicyclic) bond motifs is 2. The fourth-order valence-electron chi connectivity index (χ4n) is 4.59. The molecule has 0 bridgehead atoms. The van der Waals surface area contributed by atoms with E-state index in [0.717, 1.165) is 47.3 Å². The summed E-state index contributed by atoms with van der Waals surface area (Å²) in [6.45, 7) is 3.90. The summed E-state index contributed by atoms with van der Waals surface area (Å²) in [7, 11) is 0. The molecule has 1 saturated heterocycles. The number of carbonyl (C=O) groups excluding carboxylic acids is 1. The number of hydrogen-bond acceptors (Lipinski definition) is 6. The fourth-order valence-corrected chi connectivity index (χ4v) is 5.39. The number of amides is 1. The number of hydrogen-bond donors (Lipinski definition) is 1. The lowest BCUT2D eigenvalue weighted by molar-refractivity contribution is 0.0779. The van der Waals surface area contributed by atoms with Gasteiger partial charge < -0.3 is 15.4 Å². The lowest BCUT2D eigenvalue weighted by Gasteiger charge is -2.19. The summed E-state index contributed by atoms with van der Waals surface area (Å²) in [4.78, 5) is 24.6. The Balaban J connectivity index is 1.25. The van der Waals surface area contributed by atoms with E-state index in [4.69, 9.17) is 10.5 Å². The van der Waals surface area contributed by atoms with Crippen LogP contribution in [-0.2, 0) is 6.61 Å². The van der Waals surface area contributed by atoms with Gasteiger partial charge in [-0.1, -0.05) is 12.1 Å². The zero-order valence-corrected chi connectivity index (χ0v) is 17.2. The highest BCUT2D eigenvalue weighted by atomic mass is 32.1. The molecule has 3 unspecified atom stereocenters. The second-order valence-electron chi connectivity index (χ2n) is 8.08. The van der Waals surface area contributed by atoms with Crippen LogP contribution in [0.2, 0.25) is 0 Å². The molecule has 29 heavy (non-hydrogen) atoms. The number of aryl methyl sites for hydroxylation is 1. The predicted molar refractivity (Wildman–Crippen MR) is 113 cm³/mol. The lowest BCUT2D eigenvalue weighted by Crippen LogP contribution is -2.33. The Labute approximate surface area is 173 Å². The van der Waals surface area contributed by atoms with Crippen LogP contribution in [0.5, 0.6) is 5.88 Å². The third-order valence-corrected chi connectivity index (χ3v) is 6.98. The Kier molecular flexibility index (Phi) is 4.72. The van der Waals surface area contributed by atoms with Gasteiger partial charge in [-0.2, -0.15) is 4.98 Å². The average molecular weight is 409 g/mol. The van der Waals surface area contributed by atoms with E-state index >= 15 is 0 Å². The molecule has 2 aromatic heterocycles. The molecule has 1 aromatic carbocycles. The van der Waals surface area contributed by atoms with Crippen LogP contribution in [-0.4, -0.2) is 39.9 Å². The Hall–Kier alpha value is -2.51. The molecule has 3 heterocycles. The molecule has 3 aromatic rings. The van der Waals surface area contributed by atoms with E-state index < -0.39 is 0 Å². The first-order valence-electron chi connectivity index (χ1n) is 10.1. The van der Waals surface area contributed by atoms with Gasteiger partial charge >= 0.3 is 0 Å². The number of aromatic nitrogens is 2. The van der Waals surface area contributed by atoms with E-state index in [1.54, 1.807) is 11.3 Å². The van der Waals surface area contributed by atoms with Gasteiger partial charge in [0.05, 0.1) is 5.39 Å². The third kappa shape index (κ3) is 3.49. The normalized spacial score (nSPS) is 23.5. The van der Waals surface area contributed by atoms with Crippen molar-refractivity contribution in [1.82, 2.24) is 14.9 Å². The van der Waals surface area contributed by atoms with Crippen LogP contribution in [0.4, 0.5) is 0 Å². The first-order chi connectivity index (χ1) is 14.1. The molecule has 2 fully saturated rings. The molecule has 1 aliphatic heterocycles. The van der Waals surface area contributed by atoms with Gasteiger partial charge in [-0.25, -0.2) is 4.98 Å². The number of thiophene rings is 1. The molecule has 3 atom stereocenters. The average Bonchev–Trinajstić information content (AvgIpc) is 3.43. The number of likely N-dealkylation sites (tertiary alicyclic amines) is 1. The highest BCUT2D eigenvalue weighted by Gasteiger charge is 2.42. The van der Waals surface area contributed by atoms with Crippen molar-refractivity contribution in [1.29, 1.82) is 0 Å². The maximum atomic E-state index is 12.9. The first kappa shape index (κ1) is 18.5. The molecule has 1 amide bonds. The molecule has 7 heteroatoms. The van der Waals surface area contributed by atoms with E-state index in [-0.39, 0.29) is 11.9 Å². The highest BCUT2D eigenvalue weighted by molar-refractivity contribution is 7.16. The van der Waals surface area contributed by atoms with Crippen LogP contribution in [0.25, 0.3) is 10.2 Å². The standard InChI is InChI=1S/C22H24N4O2S/c1-13-24-20(17-8-9-29-21(17)25-13)28-12-14-2-4-15(5-3-14)22(27)26-10-16-6-7-19(23)18(16)11-26/h2-5,8-9,16,18-19H,6-7,10-12,23H2,1H3. The molecular weight excluding hydrogens is 384 g/mol. The Morgan fingerprint density at radius 3 is 2.83 bits per heavy atom. The summed E-state index contributed by atoms with van der Waals surface area (Å²) in [5.74, 6) is 2.45. The zero-order chi connectivity index (χ0) is 20.0. The van der Waals surface area contributed by atoms with Crippen molar-refractivity contribution in [2.24, 2.45) is 17.6 Å². The van der Waals surface area contributed by atoms with Gasteiger partial charge in [0.1, 0.15) is 17.3 Å². The predicted octanol–water partition coefficient (Wildman–Crippen LogP) is 3.39. The van der Waals surface area contributed by atoms with Crippen molar-refractivity contribution in [3.63, 3.8) is 0 Å². The van der Waals surface area contributed by atoms with E-state index in [9.17, 15) is 4.79 Å². The molecule has 0 spiro atoms. The minimum atomic E-state index is 0.102. The van der Waals surface area contributed by atoms with E-state index in [1.165, 1.54) is 0 Å². The monoisotopic (exact) mass is 408 g/mol. The van der Waals surface area contributed by atoms with Gasteiger partial charge in [-0.15, -0.1) is 11.3 Å². The zero-order valence-electron chi connectivity index (χ0n) is 16.4. The molecule has 6 nitrogen and oxygen atoms in total. The SMILES string of the molecule is Cc1nc(OCc2ccc(C(=O)N3CC4CCC(N)C4C3)cc2)c2ccsc2n1. The van der Waals surface area contributed by atoms with Crippen LogP contribution in [0.15, 0.2) is 35.7 Å². The van der Waals surface area contributed by atoms with E-state index in [1.807, 2.05) is 47.5 Å². The second kappa shape index (κ2) is 7.39. The Morgan fingerprint density at radius 1 is 1.21 bits per heavy atom. The molecule has 1 saturated carbocycles. The van der Waals surface area contributed by atoms with Gasteiger partial charge in [-0.05, 0) is 60.7 Å². The van der Waals surface area contributed by atoms with Gasteiger partial charge in [-0.3, -0.25) is 4.79 Å². The van der Waals surface area contributed by atoms with Gasteiger partial charge in [0, 0.05) is 24.7 Å². The number of benzene rings is 1. The second-order valence-corrected chi connectivity index (χ2v) is 8.97. The Morgan fingerprint density at radius 2 is 2.03 bits per heavy atom. The molecule has 1 aliphatic carbocycles. The van der Waals surface area contributed by atoms with Crippen molar-refractivity contribution in [3.8, 4) is 5.88 Å². The summed E-state index contributed by atoms with van der Waals surface area (Å²) < 4.78 is 5.95. The minimum Gasteiger partial charge on any atom is -0.472 e. The Bertz CT molecular complexity index is 1050. The van der Waals surface area contributed by atoms with Crippen LogP contribution in [0, 0.1) is 18.8 Å². The van der Waals surface area contributed by atoms with Crippen LogP contribution >= 0.6 is 11.3 Å². The number of ether oxygens (including phenoxy) is 1. The number of nitrogens with zero attached hydrogens (tertiary/aromatic N) is 3. The first-order valence-corrected chi connectivity index (χ1v) is 10.9. The van der Waals surface area contributed by atoms with Crippen molar-refractivity contribution >= 4 is 27.5 Å². The number of rotatable bonds is 4. The molecule has 150 valence electrons. The summed E-state index contributed by atoms with van der Waals surface area (Å²) in [6, 6.07) is 9.91. The number of carbonyl (C=O) groups is 1. The van der Waals surface area contributed by atoms with Crippen molar-refractivity contribution in [2.75, 3.05) is 13.1 Å². The third-order valence-electron chi connectivity index (χ3n) is 6.18. The maximum absolute atomic E-state index is 12.9. The maximum Gasteiger partial charge on any atom is 0.253 e. The smallest absolute Gasteiger partial charge is 0.253 e. The summed E-state index contributed by atoms with van der Waals surface area (Å²) >= 11 is 1.58. The van der Waals surface area contributed by atoms with Crippen molar-refractivity contribution in [2.45, 2.75) is 32.4 Å². The number of nitrogens with two attached hydrogens (primary N) is 1. The molecular formula is C22H24N4O2S. The quantitative estimate of drug-likeness (QED) is 0.716. The van der Waals surface area contributed by atoms with E-state index in [2.05, 4.69) is 9.97 Å². The van der Waals surface area contributed by atoms with Crippen LogP contribution < -0.4 is 10.5 Å². The van der Waals surface area contributed by atoms with Gasteiger partial charge in [0.15, 0.2) is 0 Å². The molecule has 2 N–H and O–H groups in total. The van der Waals surface area contributed by atoms with Gasteiger partial charge in [0.2, 0.25) is 5.88 Å². The lowest BCUT2D eigenvalue weighted by atomic mass is 9.98. The minimum absolute atomic E-state index is 0.102. The topological polar surface area (TPSA) is 81.3 Å². The molecule has 2 aliphatic rings. The molecule has 5 rings (SSSR count). The fraction of sp³-hybridized carbons (Fsp3) is 0.409.